The molecule has 136 valence electrons. The lowest BCUT2D eigenvalue weighted by Crippen LogP contribution is -2.14. The van der Waals surface area contributed by atoms with Gasteiger partial charge >= 0.3 is 0 Å². The third-order valence-corrected chi connectivity index (χ3v) is 4.11. The van der Waals surface area contributed by atoms with Crippen LogP contribution in [-0.2, 0) is 6.42 Å². The minimum atomic E-state index is -0.331. The maximum atomic E-state index is 14.2. The summed E-state index contributed by atoms with van der Waals surface area (Å²) in [7, 11) is 0. The molecule has 0 atom stereocenters. The molecule has 4 rings (SSSR count). The van der Waals surface area contributed by atoms with E-state index in [1.807, 2.05) is 0 Å². The lowest BCUT2D eigenvalue weighted by molar-refractivity contribution is 0.630. The van der Waals surface area contributed by atoms with Crippen molar-refractivity contribution < 1.29 is 4.39 Å². The fraction of sp³-hybridized carbons (Fsp3) is 0.158. The number of fused-ring (bicyclic) bond motifs is 1. The number of hydrogen-bond donors (Lipinski definition) is 2. The van der Waals surface area contributed by atoms with Crippen molar-refractivity contribution >= 4 is 11.5 Å². The van der Waals surface area contributed by atoms with Crippen LogP contribution < -0.4 is 10.9 Å². The molecule has 8 heteroatoms. The van der Waals surface area contributed by atoms with Gasteiger partial charge in [0.05, 0.1) is 11.9 Å². The summed E-state index contributed by atoms with van der Waals surface area (Å²) >= 11 is 0. The molecular weight excluding hydrogens is 347 g/mol. The van der Waals surface area contributed by atoms with E-state index in [1.165, 1.54) is 12.1 Å². The van der Waals surface area contributed by atoms with Crippen LogP contribution in [0.1, 0.15) is 11.5 Å². The minimum Gasteiger partial charge on any atom is -0.369 e. The van der Waals surface area contributed by atoms with E-state index in [4.69, 9.17) is 0 Å². The maximum Gasteiger partial charge on any atom is 0.251 e. The highest BCUT2D eigenvalue weighted by Gasteiger charge is 2.11. The van der Waals surface area contributed by atoms with E-state index in [9.17, 15) is 9.18 Å². The fourth-order valence-corrected chi connectivity index (χ4v) is 2.93. The van der Waals surface area contributed by atoms with E-state index in [0.29, 0.717) is 47.2 Å². The molecule has 3 aromatic heterocycles. The Morgan fingerprint density at radius 1 is 1.19 bits per heavy atom. The highest BCUT2D eigenvalue weighted by atomic mass is 19.1. The Balaban J connectivity index is 1.62. The van der Waals surface area contributed by atoms with E-state index >= 15 is 0 Å². The number of hydrogen-bond acceptors (Lipinski definition) is 5. The number of nitrogens with zero attached hydrogens (tertiary/aromatic N) is 4. The molecular formula is C19H17FN6O. The first kappa shape index (κ1) is 16.9. The average Bonchev–Trinajstić information content (AvgIpc) is 3.10. The minimum absolute atomic E-state index is 0.169. The van der Waals surface area contributed by atoms with Gasteiger partial charge in [-0.15, -0.1) is 0 Å². The molecule has 2 N–H and O–H groups in total. The molecule has 0 aliphatic rings. The number of benzene rings is 1. The SMILES string of the molecule is Cc1nc(CCNc2cc(-c3ccccc3F)nc3ccnn23)cc(=O)[nH]1. The number of aromatic nitrogens is 5. The van der Waals surface area contributed by atoms with Crippen LogP contribution in [0.5, 0.6) is 0 Å². The molecule has 0 aliphatic heterocycles. The lowest BCUT2D eigenvalue weighted by Gasteiger charge is -2.11. The highest BCUT2D eigenvalue weighted by molar-refractivity contribution is 5.66. The van der Waals surface area contributed by atoms with Crippen LogP contribution >= 0.6 is 0 Å². The Bertz CT molecular complexity index is 1170. The molecule has 7 nitrogen and oxygen atoms in total. The summed E-state index contributed by atoms with van der Waals surface area (Å²) in [6.45, 7) is 2.28. The Labute approximate surface area is 153 Å². The highest BCUT2D eigenvalue weighted by Crippen LogP contribution is 2.24. The zero-order valence-electron chi connectivity index (χ0n) is 14.6. The van der Waals surface area contributed by atoms with E-state index in [1.54, 1.807) is 48.0 Å². The van der Waals surface area contributed by atoms with Gasteiger partial charge in [0.1, 0.15) is 17.5 Å². The van der Waals surface area contributed by atoms with Crippen molar-refractivity contribution in [2.75, 3.05) is 11.9 Å². The van der Waals surface area contributed by atoms with Gasteiger partial charge in [0.15, 0.2) is 5.65 Å². The standard InChI is InChI=1S/C19H17FN6O/c1-12-23-13(10-19(27)24-12)6-8-21-18-11-16(14-4-2-3-5-15(14)20)25-17-7-9-22-26(17)18/h2-5,7,9-11,21H,6,8H2,1H3,(H,23,24,27). The van der Waals surface area contributed by atoms with Gasteiger partial charge in [0.25, 0.3) is 5.56 Å². The molecule has 0 unspecified atom stereocenters. The molecule has 0 aliphatic carbocycles. The van der Waals surface area contributed by atoms with Crippen molar-refractivity contribution in [3.8, 4) is 11.3 Å². The zero-order chi connectivity index (χ0) is 18.8. The quantitative estimate of drug-likeness (QED) is 0.568. The topological polar surface area (TPSA) is 88.0 Å². The number of aromatic amines is 1. The van der Waals surface area contributed by atoms with E-state index < -0.39 is 0 Å². The van der Waals surface area contributed by atoms with Gasteiger partial charge < -0.3 is 10.3 Å². The van der Waals surface area contributed by atoms with Crippen LogP contribution in [0.15, 0.2) is 53.5 Å². The van der Waals surface area contributed by atoms with Gasteiger partial charge in [0.2, 0.25) is 0 Å². The molecule has 0 spiro atoms. The van der Waals surface area contributed by atoms with Gasteiger partial charge in [-0.1, -0.05) is 12.1 Å². The summed E-state index contributed by atoms with van der Waals surface area (Å²) in [6, 6.07) is 11.5. The number of H-pyrrole nitrogens is 1. The van der Waals surface area contributed by atoms with Gasteiger partial charge in [-0.3, -0.25) is 4.79 Å². The predicted octanol–water partition coefficient (Wildman–Crippen LogP) is 2.58. The van der Waals surface area contributed by atoms with E-state index in [0.717, 1.165) is 0 Å². The first-order valence-electron chi connectivity index (χ1n) is 8.50. The molecule has 0 saturated heterocycles. The lowest BCUT2D eigenvalue weighted by atomic mass is 10.1. The summed E-state index contributed by atoms with van der Waals surface area (Å²) in [4.78, 5) is 23.0. The maximum absolute atomic E-state index is 14.2. The molecule has 0 bridgehead atoms. The van der Waals surface area contributed by atoms with E-state index in [-0.39, 0.29) is 11.4 Å². The Hall–Kier alpha value is -3.55. The van der Waals surface area contributed by atoms with Gasteiger partial charge in [-0.05, 0) is 19.1 Å². The van der Waals surface area contributed by atoms with Crippen molar-refractivity contribution in [3.63, 3.8) is 0 Å². The first-order chi connectivity index (χ1) is 13.1. The third kappa shape index (κ3) is 3.55. The van der Waals surface area contributed by atoms with Crippen LogP contribution in [-0.4, -0.2) is 31.1 Å². The van der Waals surface area contributed by atoms with Gasteiger partial charge in [0, 0.05) is 42.4 Å². The molecule has 0 radical (unpaired) electrons. The number of aryl methyl sites for hydroxylation is 1. The fourth-order valence-electron chi connectivity index (χ4n) is 2.93. The number of halogens is 1. The molecule has 27 heavy (non-hydrogen) atoms. The number of nitrogens with one attached hydrogen (secondary N) is 2. The van der Waals surface area contributed by atoms with Crippen molar-refractivity contribution in [1.82, 2.24) is 24.6 Å². The van der Waals surface area contributed by atoms with Crippen molar-refractivity contribution in [3.05, 3.63) is 76.4 Å². The second kappa shape index (κ2) is 6.99. The van der Waals surface area contributed by atoms with E-state index in [2.05, 4.69) is 25.4 Å². The molecule has 0 fully saturated rings. The number of rotatable bonds is 5. The Morgan fingerprint density at radius 2 is 2.04 bits per heavy atom. The second-order valence-corrected chi connectivity index (χ2v) is 6.11. The second-order valence-electron chi connectivity index (χ2n) is 6.11. The Kier molecular flexibility index (Phi) is 4.37. The Morgan fingerprint density at radius 3 is 2.85 bits per heavy atom. The molecule has 0 amide bonds. The molecule has 0 saturated carbocycles. The summed E-state index contributed by atoms with van der Waals surface area (Å²) < 4.78 is 15.8. The average molecular weight is 364 g/mol. The van der Waals surface area contributed by atoms with Gasteiger partial charge in [-0.25, -0.2) is 14.4 Å². The predicted molar refractivity (Wildman–Crippen MR) is 100 cm³/mol. The molecule has 3 heterocycles. The summed E-state index contributed by atoms with van der Waals surface area (Å²) in [5.74, 6) is 0.936. The first-order valence-corrected chi connectivity index (χ1v) is 8.50. The van der Waals surface area contributed by atoms with Crippen LogP contribution in [0.3, 0.4) is 0 Å². The van der Waals surface area contributed by atoms with Crippen LogP contribution in [0.2, 0.25) is 0 Å². The van der Waals surface area contributed by atoms with Crippen LogP contribution in [0, 0.1) is 12.7 Å². The number of anilines is 1. The smallest absolute Gasteiger partial charge is 0.251 e. The zero-order valence-corrected chi connectivity index (χ0v) is 14.6. The normalized spacial score (nSPS) is 11.0. The third-order valence-electron chi connectivity index (χ3n) is 4.11. The van der Waals surface area contributed by atoms with Crippen molar-refractivity contribution in [2.24, 2.45) is 0 Å². The monoisotopic (exact) mass is 364 g/mol. The van der Waals surface area contributed by atoms with Crippen molar-refractivity contribution in [1.29, 1.82) is 0 Å². The van der Waals surface area contributed by atoms with Gasteiger partial charge in [-0.2, -0.15) is 9.61 Å². The summed E-state index contributed by atoms with van der Waals surface area (Å²) in [5, 5.41) is 7.53. The summed E-state index contributed by atoms with van der Waals surface area (Å²) in [6.07, 6.45) is 2.20. The summed E-state index contributed by atoms with van der Waals surface area (Å²) in [5.41, 5.74) is 2.09. The molecule has 1 aromatic carbocycles. The van der Waals surface area contributed by atoms with Crippen molar-refractivity contribution in [2.45, 2.75) is 13.3 Å². The van der Waals surface area contributed by atoms with Crippen LogP contribution in [0.4, 0.5) is 10.2 Å². The largest absolute Gasteiger partial charge is 0.369 e. The van der Waals surface area contributed by atoms with Crippen LogP contribution in [0.25, 0.3) is 16.9 Å². The molecule has 4 aromatic rings.